The Labute approximate surface area is 150 Å². The largest absolute Gasteiger partial charge is 0.399 e. The Bertz CT molecular complexity index is 829. The van der Waals surface area contributed by atoms with Gasteiger partial charge >= 0.3 is 17.8 Å². The SMILES string of the molecule is O=C1C=CC(=O)OC2(CNCCN2c2ccc(-c3ccccc3)nc2)O1. The molecule has 7 nitrogen and oxygen atoms in total. The molecule has 2 aliphatic heterocycles. The van der Waals surface area contributed by atoms with Gasteiger partial charge in [0.1, 0.15) is 0 Å². The molecule has 1 aromatic carbocycles. The lowest BCUT2D eigenvalue weighted by atomic mass is 10.1. The van der Waals surface area contributed by atoms with Crippen LogP contribution in [-0.2, 0) is 19.1 Å². The molecule has 26 heavy (non-hydrogen) atoms. The summed E-state index contributed by atoms with van der Waals surface area (Å²) >= 11 is 0. The maximum Gasteiger partial charge on any atom is 0.356 e. The summed E-state index contributed by atoms with van der Waals surface area (Å²) < 4.78 is 10.9. The number of hydrogen-bond donors (Lipinski definition) is 1. The Kier molecular flexibility index (Phi) is 4.14. The number of rotatable bonds is 2. The van der Waals surface area contributed by atoms with E-state index in [0.717, 1.165) is 23.4 Å². The van der Waals surface area contributed by atoms with Crippen molar-refractivity contribution in [2.24, 2.45) is 0 Å². The van der Waals surface area contributed by atoms with Crippen molar-refractivity contribution in [2.75, 3.05) is 24.5 Å². The first-order valence-electron chi connectivity index (χ1n) is 8.30. The van der Waals surface area contributed by atoms with Crippen LogP contribution in [0, 0.1) is 0 Å². The fourth-order valence-corrected chi connectivity index (χ4v) is 3.08. The monoisotopic (exact) mass is 351 g/mol. The highest BCUT2D eigenvalue weighted by molar-refractivity contribution is 5.93. The molecule has 2 aliphatic rings. The number of piperazine rings is 1. The molecule has 4 rings (SSSR count). The second-order valence-electron chi connectivity index (χ2n) is 5.98. The van der Waals surface area contributed by atoms with E-state index in [1.54, 1.807) is 11.1 Å². The molecule has 0 amide bonds. The van der Waals surface area contributed by atoms with E-state index in [1.165, 1.54) is 0 Å². The molecule has 1 spiro atoms. The van der Waals surface area contributed by atoms with E-state index in [2.05, 4.69) is 10.3 Å². The van der Waals surface area contributed by atoms with E-state index >= 15 is 0 Å². The fourth-order valence-electron chi connectivity index (χ4n) is 3.08. The zero-order valence-corrected chi connectivity index (χ0v) is 13.9. The number of benzene rings is 1. The zero-order chi connectivity index (χ0) is 18.0. The van der Waals surface area contributed by atoms with Gasteiger partial charge in [0.25, 0.3) is 0 Å². The number of aromatic nitrogens is 1. The number of nitrogens with one attached hydrogen (secondary N) is 1. The lowest BCUT2D eigenvalue weighted by molar-refractivity contribution is -0.221. The molecule has 0 atom stereocenters. The average molecular weight is 351 g/mol. The standard InChI is InChI=1S/C19H17N3O4/c23-17-8-9-18(24)26-19(25-17)13-20-10-11-22(19)15-6-7-16(21-12-15)14-4-2-1-3-5-14/h1-9,12,20H,10-11,13H2. The third-order valence-electron chi connectivity index (χ3n) is 4.28. The lowest BCUT2D eigenvalue weighted by Crippen LogP contribution is -2.65. The van der Waals surface area contributed by atoms with Crippen LogP contribution in [0.2, 0.25) is 0 Å². The highest BCUT2D eigenvalue weighted by Gasteiger charge is 2.47. The Morgan fingerprint density at radius 3 is 2.38 bits per heavy atom. The highest BCUT2D eigenvalue weighted by Crippen LogP contribution is 2.30. The van der Waals surface area contributed by atoms with Crippen LogP contribution in [0.4, 0.5) is 5.69 Å². The smallest absolute Gasteiger partial charge is 0.356 e. The molecule has 0 radical (unpaired) electrons. The molecule has 0 bridgehead atoms. The van der Waals surface area contributed by atoms with Crippen molar-refractivity contribution < 1.29 is 19.1 Å². The second kappa shape index (κ2) is 6.61. The van der Waals surface area contributed by atoms with E-state index in [4.69, 9.17) is 9.47 Å². The summed E-state index contributed by atoms with van der Waals surface area (Å²) in [4.78, 5) is 30.1. The Hall–Kier alpha value is -3.19. The van der Waals surface area contributed by atoms with Gasteiger partial charge in [-0.15, -0.1) is 0 Å². The number of esters is 2. The first-order valence-corrected chi connectivity index (χ1v) is 8.30. The number of hydrogen-bond acceptors (Lipinski definition) is 7. The van der Waals surface area contributed by atoms with Gasteiger partial charge in [0.2, 0.25) is 0 Å². The second-order valence-corrected chi connectivity index (χ2v) is 5.98. The first-order chi connectivity index (χ1) is 12.7. The zero-order valence-electron chi connectivity index (χ0n) is 13.9. The summed E-state index contributed by atoms with van der Waals surface area (Å²) in [5.74, 6) is -2.77. The number of anilines is 1. The molecule has 132 valence electrons. The molecule has 2 aromatic rings. The topological polar surface area (TPSA) is 80.8 Å². The molecule has 1 aromatic heterocycles. The summed E-state index contributed by atoms with van der Waals surface area (Å²) in [5, 5.41) is 3.11. The van der Waals surface area contributed by atoms with Crippen LogP contribution in [0.5, 0.6) is 0 Å². The number of ether oxygens (including phenoxy) is 2. The van der Waals surface area contributed by atoms with Crippen molar-refractivity contribution in [3.05, 3.63) is 60.8 Å². The van der Waals surface area contributed by atoms with Crippen LogP contribution in [0.15, 0.2) is 60.8 Å². The van der Waals surface area contributed by atoms with Gasteiger partial charge in [-0.2, -0.15) is 0 Å². The van der Waals surface area contributed by atoms with E-state index in [1.807, 2.05) is 42.5 Å². The quantitative estimate of drug-likeness (QED) is 0.821. The minimum absolute atomic E-state index is 0.173. The molecule has 3 heterocycles. The summed E-state index contributed by atoms with van der Waals surface area (Å²) in [6, 6.07) is 13.6. The Morgan fingerprint density at radius 1 is 1.00 bits per heavy atom. The van der Waals surface area contributed by atoms with Crippen molar-refractivity contribution >= 4 is 17.6 Å². The maximum absolute atomic E-state index is 11.9. The number of nitrogens with zero attached hydrogens (tertiary/aromatic N) is 2. The van der Waals surface area contributed by atoms with Gasteiger partial charge in [-0.3, -0.25) is 9.88 Å². The third-order valence-corrected chi connectivity index (χ3v) is 4.28. The van der Waals surface area contributed by atoms with Crippen molar-refractivity contribution in [1.29, 1.82) is 0 Å². The van der Waals surface area contributed by atoms with Gasteiger partial charge in [-0.25, -0.2) is 9.59 Å². The summed E-state index contributed by atoms with van der Waals surface area (Å²) in [6.45, 7) is 1.32. The van der Waals surface area contributed by atoms with Crippen LogP contribution in [0.25, 0.3) is 11.3 Å². The molecule has 0 saturated carbocycles. The maximum atomic E-state index is 11.9. The third kappa shape index (κ3) is 3.04. The Morgan fingerprint density at radius 2 is 1.73 bits per heavy atom. The van der Waals surface area contributed by atoms with E-state index in [9.17, 15) is 9.59 Å². The highest BCUT2D eigenvalue weighted by atomic mass is 16.8. The molecular formula is C19H17N3O4. The normalized spacial score (nSPS) is 19.0. The van der Waals surface area contributed by atoms with Gasteiger partial charge in [0.05, 0.1) is 24.1 Å². The molecule has 0 unspecified atom stereocenters. The minimum Gasteiger partial charge on any atom is -0.399 e. The summed E-state index contributed by atoms with van der Waals surface area (Å²) in [5.41, 5.74) is 2.54. The van der Waals surface area contributed by atoms with E-state index < -0.39 is 17.8 Å². The molecule has 7 heteroatoms. The summed E-state index contributed by atoms with van der Waals surface area (Å²) in [7, 11) is 0. The van der Waals surface area contributed by atoms with E-state index in [-0.39, 0.29) is 6.54 Å². The van der Waals surface area contributed by atoms with Crippen molar-refractivity contribution in [2.45, 2.75) is 5.91 Å². The van der Waals surface area contributed by atoms with E-state index in [0.29, 0.717) is 18.8 Å². The van der Waals surface area contributed by atoms with Crippen LogP contribution in [0.3, 0.4) is 0 Å². The van der Waals surface area contributed by atoms with Gasteiger partial charge in [0.15, 0.2) is 0 Å². The number of carbonyl (C=O) groups excluding carboxylic acids is 2. The van der Waals surface area contributed by atoms with Crippen LogP contribution >= 0.6 is 0 Å². The van der Waals surface area contributed by atoms with Crippen LogP contribution in [0.1, 0.15) is 0 Å². The average Bonchev–Trinajstić information content (AvgIpc) is 2.81. The van der Waals surface area contributed by atoms with Crippen LogP contribution < -0.4 is 10.2 Å². The van der Waals surface area contributed by atoms with Crippen molar-refractivity contribution in [3.8, 4) is 11.3 Å². The van der Waals surface area contributed by atoms with Gasteiger partial charge < -0.3 is 14.8 Å². The predicted molar refractivity (Wildman–Crippen MR) is 93.9 cm³/mol. The van der Waals surface area contributed by atoms with Gasteiger partial charge in [0, 0.05) is 30.8 Å². The lowest BCUT2D eigenvalue weighted by Gasteiger charge is -2.44. The first kappa shape index (κ1) is 16.3. The Balaban J connectivity index is 1.66. The minimum atomic E-state index is -1.52. The van der Waals surface area contributed by atoms with Crippen molar-refractivity contribution in [3.63, 3.8) is 0 Å². The van der Waals surface area contributed by atoms with Gasteiger partial charge in [-0.1, -0.05) is 30.3 Å². The van der Waals surface area contributed by atoms with Crippen molar-refractivity contribution in [1.82, 2.24) is 10.3 Å². The van der Waals surface area contributed by atoms with Crippen LogP contribution in [-0.4, -0.2) is 42.5 Å². The number of pyridine rings is 1. The molecule has 1 N–H and O–H groups in total. The molecular weight excluding hydrogens is 334 g/mol. The molecule has 1 saturated heterocycles. The summed E-state index contributed by atoms with van der Waals surface area (Å²) in [6.07, 6.45) is 3.83. The predicted octanol–water partition coefficient (Wildman–Crippen LogP) is 1.47. The molecule has 1 fully saturated rings. The van der Waals surface area contributed by atoms with Gasteiger partial charge in [-0.05, 0) is 12.1 Å². The fraction of sp³-hybridized carbons (Fsp3) is 0.211. The molecule has 0 aliphatic carbocycles. The number of carbonyl (C=O) groups is 2.